The van der Waals surface area contributed by atoms with Crippen molar-refractivity contribution in [2.24, 2.45) is 0 Å². The lowest BCUT2D eigenvalue weighted by molar-refractivity contribution is 0.228. The van der Waals surface area contributed by atoms with Gasteiger partial charge in [0, 0.05) is 29.8 Å². The van der Waals surface area contributed by atoms with Crippen molar-refractivity contribution in [3.05, 3.63) is 29.8 Å². The van der Waals surface area contributed by atoms with Gasteiger partial charge in [-0.05, 0) is 31.9 Å². The normalized spacial score (nSPS) is 11.9. The number of carbonyl (C=O) groups is 1. The van der Waals surface area contributed by atoms with Crippen LogP contribution < -0.4 is 10.6 Å². The van der Waals surface area contributed by atoms with Crippen LogP contribution in [0.15, 0.2) is 29.2 Å². The summed E-state index contributed by atoms with van der Waals surface area (Å²) in [5, 5.41) is 14.6. The third kappa shape index (κ3) is 6.82. The van der Waals surface area contributed by atoms with Crippen LogP contribution >= 0.6 is 11.8 Å². The number of benzene rings is 1. The summed E-state index contributed by atoms with van der Waals surface area (Å²) in [5.74, 6) is 0.841. The number of hydrogen-bond donors (Lipinski definition) is 3. The lowest BCUT2D eigenvalue weighted by atomic mass is 10.2. The highest BCUT2D eigenvalue weighted by Crippen LogP contribution is 2.17. The Labute approximate surface area is 125 Å². The van der Waals surface area contributed by atoms with Crippen molar-refractivity contribution in [3.63, 3.8) is 0 Å². The van der Waals surface area contributed by atoms with Crippen LogP contribution in [0.25, 0.3) is 0 Å². The number of amides is 2. The van der Waals surface area contributed by atoms with E-state index in [2.05, 4.69) is 41.8 Å². The zero-order valence-electron chi connectivity index (χ0n) is 12.2. The Hall–Kier alpha value is -1.20. The van der Waals surface area contributed by atoms with E-state index in [9.17, 15) is 4.79 Å². The molecule has 0 radical (unpaired) electrons. The van der Waals surface area contributed by atoms with Gasteiger partial charge in [-0.25, -0.2) is 4.79 Å². The first-order valence-corrected chi connectivity index (χ1v) is 7.99. The van der Waals surface area contributed by atoms with Crippen LogP contribution in [-0.2, 0) is 0 Å². The van der Waals surface area contributed by atoms with Gasteiger partial charge in [0.2, 0.25) is 0 Å². The van der Waals surface area contributed by atoms with Crippen molar-refractivity contribution in [1.82, 2.24) is 10.6 Å². The molecule has 0 saturated carbocycles. The predicted molar refractivity (Wildman–Crippen MR) is 84.2 cm³/mol. The average molecular weight is 296 g/mol. The van der Waals surface area contributed by atoms with Crippen molar-refractivity contribution < 1.29 is 9.90 Å². The highest BCUT2D eigenvalue weighted by Gasteiger charge is 2.08. The quantitative estimate of drug-likeness (QED) is 0.510. The Morgan fingerprint density at radius 2 is 2.05 bits per heavy atom. The van der Waals surface area contributed by atoms with Gasteiger partial charge in [0.25, 0.3) is 0 Å². The molecule has 2 amide bonds. The third-order valence-corrected chi connectivity index (χ3v) is 4.00. The number of carbonyl (C=O) groups excluding carboxylic acids is 1. The SMILES string of the molecule is CCC(CCO)NC(=O)NCCSc1ccc(C)cc1. The van der Waals surface area contributed by atoms with E-state index < -0.39 is 0 Å². The average Bonchev–Trinajstić information content (AvgIpc) is 2.45. The number of nitrogens with one attached hydrogen (secondary N) is 2. The van der Waals surface area contributed by atoms with E-state index in [-0.39, 0.29) is 18.7 Å². The second-order valence-electron chi connectivity index (χ2n) is 4.68. The van der Waals surface area contributed by atoms with Crippen molar-refractivity contribution in [2.45, 2.75) is 37.6 Å². The van der Waals surface area contributed by atoms with E-state index >= 15 is 0 Å². The van der Waals surface area contributed by atoms with Gasteiger partial charge < -0.3 is 15.7 Å². The molecule has 1 unspecified atom stereocenters. The zero-order chi connectivity index (χ0) is 14.8. The number of thioether (sulfide) groups is 1. The second kappa shape index (κ2) is 9.66. The van der Waals surface area contributed by atoms with Gasteiger partial charge in [0.1, 0.15) is 0 Å². The number of aryl methyl sites for hydroxylation is 1. The van der Waals surface area contributed by atoms with Gasteiger partial charge in [-0.2, -0.15) is 0 Å². The predicted octanol–water partition coefficient (Wildman–Crippen LogP) is 2.55. The fraction of sp³-hybridized carbons (Fsp3) is 0.533. The maximum Gasteiger partial charge on any atom is 0.315 e. The summed E-state index contributed by atoms with van der Waals surface area (Å²) in [6.07, 6.45) is 1.42. The van der Waals surface area contributed by atoms with E-state index in [1.807, 2.05) is 6.92 Å². The summed E-state index contributed by atoms with van der Waals surface area (Å²) in [5.41, 5.74) is 1.25. The Morgan fingerprint density at radius 1 is 1.35 bits per heavy atom. The summed E-state index contributed by atoms with van der Waals surface area (Å²) in [6.45, 7) is 4.78. The number of aliphatic hydroxyl groups excluding tert-OH is 1. The molecule has 5 heteroatoms. The van der Waals surface area contributed by atoms with Crippen LogP contribution in [0.4, 0.5) is 4.79 Å². The molecule has 1 aromatic carbocycles. The lowest BCUT2D eigenvalue weighted by Crippen LogP contribution is -2.42. The molecule has 0 saturated heterocycles. The lowest BCUT2D eigenvalue weighted by Gasteiger charge is -2.16. The molecule has 1 atom stereocenters. The van der Waals surface area contributed by atoms with Gasteiger partial charge in [-0.15, -0.1) is 11.8 Å². The van der Waals surface area contributed by atoms with Crippen LogP contribution in [0.3, 0.4) is 0 Å². The number of rotatable bonds is 8. The fourth-order valence-corrected chi connectivity index (χ4v) is 2.51. The fourth-order valence-electron chi connectivity index (χ4n) is 1.74. The molecule has 0 aliphatic heterocycles. The van der Waals surface area contributed by atoms with Gasteiger partial charge in [0.05, 0.1) is 0 Å². The summed E-state index contributed by atoms with van der Waals surface area (Å²) in [4.78, 5) is 12.8. The van der Waals surface area contributed by atoms with Crippen LogP contribution in [-0.4, -0.2) is 36.1 Å². The van der Waals surface area contributed by atoms with Gasteiger partial charge in [-0.1, -0.05) is 24.6 Å². The van der Waals surface area contributed by atoms with Crippen LogP contribution in [0.2, 0.25) is 0 Å². The largest absolute Gasteiger partial charge is 0.396 e. The molecule has 112 valence electrons. The van der Waals surface area contributed by atoms with Crippen molar-refractivity contribution in [2.75, 3.05) is 18.9 Å². The monoisotopic (exact) mass is 296 g/mol. The Morgan fingerprint density at radius 3 is 2.65 bits per heavy atom. The summed E-state index contributed by atoms with van der Waals surface area (Å²) in [7, 11) is 0. The Kier molecular flexibility index (Phi) is 8.14. The molecule has 0 fully saturated rings. The first-order valence-electron chi connectivity index (χ1n) is 7.00. The minimum absolute atomic E-state index is 0.0461. The Bertz CT molecular complexity index is 395. The molecule has 0 heterocycles. The summed E-state index contributed by atoms with van der Waals surface area (Å²) in [6, 6.07) is 8.24. The molecule has 0 bridgehead atoms. The second-order valence-corrected chi connectivity index (χ2v) is 5.85. The smallest absolute Gasteiger partial charge is 0.315 e. The standard InChI is InChI=1S/C15H24N2O2S/c1-3-13(8-10-18)17-15(19)16-9-11-20-14-6-4-12(2)5-7-14/h4-7,13,18H,3,8-11H2,1-2H3,(H2,16,17,19). The maximum atomic E-state index is 11.6. The molecule has 3 N–H and O–H groups in total. The van der Waals surface area contributed by atoms with E-state index in [4.69, 9.17) is 5.11 Å². The van der Waals surface area contributed by atoms with Gasteiger partial charge >= 0.3 is 6.03 Å². The third-order valence-electron chi connectivity index (χ3n) is 2.98. The molecule has 0 aromatic heterocycles. The molecule has 1 aromatic rings. The van der Waals surface area contributed by atoms with Gasteiger partial charge in [-0.3, -0.25) is 0 Å². The minimum Gasteiger partial charge on any atom is -0.396 e. The minimum atomic E-state index is -0.158. The van der Waals surface area contributed by atoms with E-state index in [1.165, 1.54) is 10.5 Å². The van der Waals surface area contributed by atoms with Crippen LogP contribution in [0, 0.1) is 6.92 Å². The molecular weight excluding hydrogens is 272 g/mol. The molecule has 0 aliphatic carbocycles. The molecule has 0 aliphatic rings. The van der Waals surface area contributed by atoms with E-state index in [0.29, 0.717) is 13.0 Å². The van der Waals surface area contributed by atoms with Gasteiger partial charge in [0.15, 0.2) is 0 Å². The molecule has 4 nitrogen and oxygen atoms in total. The first kappa shape index (κ1) is 16.9. The number of hydrogen-bond acceptors (Lipinski definition) is 3. The molecule has 20 heavy (non-hydrogen) atoms. The zero-order valence-corrected chi connectivity index (χ0v) is 13.0. The maximum absolute atomic E-state index is 11.6. The van der Waals surface area contributed by atoms with Crippen molar-refractivity contribution in [1.29, 1.82) is 0 Å². The van der Waals surface area contributed by atoms with E-state index in [1.54, 1.807) is 11.8 Å². The first-order chi connectivity index (χ1) is 9.65. The molecule has 1 rings (SSSR count). The van der Waals surface area contributed by atoms with Crippen LogP contribution in [0.5, 0.6) is 0 Å². The van der Waals surface area contributed by atoms with Crippen molar-refractivity contribution in [3.8, 4) is 0 Å². The molecule has 0 spiro atoms. The topological polar surface area (TPSA) is 61.4 Å². The Balaban J connectivity index is 2.17. The summed E-state index contributed by atoms with van der Waals surface area (Å²) < 4.78 is 0. The number of aliphatic hydroxyl groups is 1. The molecular formula is C15H24N2O2S. The van der Waals surface area contributed by atoms with Crippen molar-refractivity contribution >= 4 is 17.8 Å². The highest BCUT2D eigenvalue weighted by atomic mass is 32.2. The highest BCUT2D eigenvalue weighted by molar-refractivity contribution is 7.99. The number of urea groups is 1. The van der Waals surface area contributed by atoms with Crippen LogP contribution in [0.1, 0.15) is 25.3 Å². The summed E-state index contributed by atoms with van der Waals surface area (Å²) >= 11 is 1.72. The van der Waals surface area contributed by atoms with E-state index in [0.717, 1.165) is 12.2 Å².